The van der Waals surface area contributed by atoms with Crippen LogP contribution in [0.3, 0.4) is 0 Å². The minimum Gasteiger partial charge on any atom is -0.383 e. The number of anilines is 2. The van der Waals surface area contributed by atoms with Crippen LogP contribution >= 0.6 is 0 Å². The molecular weight excluding hydrogens is 436 g/mol. The van der Waals surface area contributed by atoms with Crippen molar-refractivity contribution in [3.8, 4) is 0 Å². The topological polar surface area (TPSA) is 98.2 Å². The van der Waals surface area contributed by atoms with Crippen molar-refractivity contribution in [3.63, 3.8) is 0 Å². The number of hydrogen-bond acceptors (Lipinski definition) is 5. The number of amides is 1. The summed E-state index contributed by atoms with van der Waals surface area (Å²) in [6.45, 7) is 6.30. The van der Waals surface area contributed by atoms with E-state index in [1.165, 1.54) is 10.2 Å². The third-order valence-electron chi connectivity index (χ3n) is 5.94. The number of nitrogens with one attached hydrogen (secondary N) is 1. The van der Waals surface area contributed by atoms with Gasteiger partial charge in [-0.15, -0.1) is 0 Å². The largest absolute Gasteiger partial charge is 0.383 e. The number of nitrogens with zero attached hydrogens (tertiary/aromatic N) is 4. The number of carbonyl (C=O) groups is 1. The molecule has 7 nitrogen and oxygen atoms in total. The zero-order valence-electron chi connectivity index (χ0n) is 19.9. The first-order valence-corrected chi connectivity index (χ1v) is 11.5. The SMILES string of the molecule is Cc1ccc(NC(=O)c2c(N)n(/N=C\c3ccc(C(C)C)cc3)c3nc4ccccc4nc23)cc1. The Bertz CT molecular complexity index is 1560. The zero-order valence-corrected chi connectivity index (χ0v) is 19.9. The second kappa shape index (κ2) is 9.02. The fourth-order valence-electron chi connectivity index (χ4n) is 3.91. The van der Waals surface area contributed by atoms with Gasteiger partial charge in [0.2, 0.25) is 0 Å². The molecule has 2 aromatic heterocycles. The lowest BCUT2D eigenvalue weighted by molar-refractivity contribution is 0.102. The molecule has 3 aromatic carbocycles. The van der Waals surface area contributed by atoms with Crippen LogP contribution in [-0.2, 0) is 0 Å². The van der Waals surface area contributed by atoms with E-state index >= 15 is 0 Å². The summed E-state index contributed by atoms with van der Waals surface area (Å²) in [6.07, 6.45) is 1.71. The second-order valence-electron chi connectivity index (χ2n) is 8.84. The number of carbonyl (C=O) groups excluding carboxylic acids is 1. The Hall–Kier alpha value is -4.52. The van der Waals surface area contributed by atoms with Gasteiger partial charge in [0, 0.05) is 5.69 Å². The van der Waals surface area contributed by atoms with Gasteiger partial charge < -0.3 is 11.1 Å². The highest BCUT2D eigenvalue weighted by molar-refractivity contribution is 6.16. The van der Waals surface area contributed by atoms with Crippen LogP contribution in [0, 0.1) is 6.92 Å². The number of rotatable bonds is 5. The molecule has 0 saturated carbocycles. The van der Waals surface area contributed by atoms with Crippen LogP contribution in [0.4, 0.5) is 11.5 Å². The maximum Gasteiger partial charge on any atom is 0.261 e. The molecule has 0 atom stereocenters. The lowest BCUT2D eigenvalue weighted by Crippen LogP contribution is -2.14. The van der Waals surface area contributed by atoms with Gasteiger partial charge >= 0.3 is 0 Å². The third kappa shape index (κ3) is 4.36. The molecule has 2 heterocycles. The third-order valence-corrected chi connectivity index (χ3v) is 5.94. The Labute approximate surface area is 203 Å². The smallest absolute Gasteiger partial charge is 0.261 e. The van der Waals surface area contributed by atoms with Gasteiger partial charge in [-0.2, -0.15) is 9.78 Å². The number of aryl methyl sites for hydroxylation is 1. The summed E-state index contributed by atoms with van der Waals surface area (Å²) in [5, 5.41) is 7.51. The molecular formula is C28H26N6O. The Morgan fingerprint density at radius 1 is 0.971 bits per heavy atom. The highest BCUT2D eigenvalue weighted by Gasteiger charge is 2.24. The molecule has 5 rings (SSSR count). The highest BCUT2D eigenvalue weighted by atomic mass is 16.1. The summed E-state index contributed by atoms with van der Waals surface area (Å²) in [4.78, 5) is 22.8. The Morgan fingerprint density at radius 2 is 1.63 bits per heavy atom. The first kappa shape index (κ1) is 22.3. The Kier molecular flexibility index (Phi) is 5.74. The Balaban J connectivity index is 1.61. The maximum atomic E-state index is 13.3. The standard InChI is InChI=1S/C28H26N6O/c1-17(2)20-12-10-19(11-13-20)16-30-34-26(29)24(28(35)31-21-14-8-18(3)9-15-21)25-27(34)33-23-7-5-4-6-22(23)32-25/h4-17H,29H2,1-3H3,(H,31,35)/b30-16-. The summed E-state index contributed by atoms with van der Waals surface area (Å²) in [5.74, 6) is 0.259. The summed E-state index contributed by atoms with van der Waals surface area (Å²) < 4.78 is 1.48. The quantitative estimate of drug-likeness (QED) is 0.326. The van der Waals surface area contributed by atoms with E-state index in [2.05, 4.69) is 36.4 Å². The fourth-order valence-corrected chi connectivity index (χ4v) is 3.91. The number of nitrogen functional groups attached to an aromatic ring is 1. The first-order chi connectivity index (χ1) is 16.9. The number of fused-ring (bicyclic) bond motifs is 2. The summed E-state index contributed by atoms with van der Waals surface area (Å²) in [7, 11) is 0. The molecule has 35 heavy (non-hydrogen) atoms. The van der Waals surface area contributed by atoms with Gasteiger partial charge in [-0.1, -0.05) is 67.9 Å². The van der Waals surface area contributed by atoms with Gasteiger partial charge in [0.15, 0.2) is 5.65 Å². The normalized spacial score (nSPS) is 11.7. The molecule has 0 spiro atoms. The average molecular weight is 463 g/mol. The molecule has 0 aliphatic heterocycles. The number of hydrogen-bond donors (Lipinski definition) is 2. The summed E-state index contributed by atoms with van der Waals surface area (Å²) in [5.41, 5.74) is 12.9. The van der Waals surface area contributed by atoms with E-state index in [-0.39, 0.29) is 17.3 Å². The molecule has 3 N–H and O–H groups in total. The average Bonchev–Trinajstić information content (AvgIpc) is 3.13. The first-order valence-electron chi connectivity index (χ1n) is 11.5. The predicted octanol–water partition coefficient (Wildman–Crippen LogP) is 5.73. The number of benzene rings is 3. The van der Waals surface area contributed by atoms with Gasteiger partial charge in [-0.3, -0.25) is 4.79 Å². The van der Waals surface area contributed by atoms with E-state index in [1.807, 2.05) is 67.6 Å². The van der Waals surface area contributed by atoms with Crippen LogP contribution in [0.2, 0.25) is 0 Å². The van der Waals surface area contributed by atoms with Crippen LogP contribution in [0.5, 0.6) is 0 Å². The number of para-hydroxylation sites is 2. The zero-order chi connectivity index (χ0) is 24.5. The van der Waals surface area contributed by atoms with Crippen molar-refractivity contribution in [2.45, 2.75) is 26.7 Å². The van der Waals surface area contributed by atoms with Crippen molar-refractivity contribution in [1.29, 1.82) is 0 Å². The minimum atomic E-state index is -0.365. The second-order valence-corrected chi connectivity index (χ2v) is 8.84. The molecule has 7 heteroatoms. The molecule has 5 aromatic rings. The van der Waals surface area contributed by atoms with Gasteiger partial charge in [0.05, 0.1) is 17.2 Å². The van der Waals surface area contributed by atoms with Crippen LogP contribution < -0.4 is 11.1 Å². The summed E-state index contributed by atoms with van der Waals surface area (Å²) >= 11 is 0. The van der Waals surface area contributed by atoms with E-state index in [0.717, 1.165) is 11.1 Å². The van der Waals surface area contributed by atoms with E-state index in [0.29, 0.717) is 33.8 Å². The Morgan fingerprint density at radius 3 is 2.29 bits per heavy atom. The molecule has 0 saturated heterocycles. The van der Waals surface area contributed by atoms with Crippen LogP contribution in [-0.4, -0.2) is 26.8 Å². The van der Waals surface area contributed by atoms with E-state index in [9.17, 15) is 4.79 Å². The molecule has 0 unspecified atom stereocenters. The van der Waals surface area contributed by atoms with Crippen molar-refractivity contribution in [1.82, 2.24) is 14.6 Å². The van der Waals surface area contributed by atoms with Crippen molar-refractivity contribution < 1.29 is 4.79 Å². The molecule has 0 bridgehead atoms. The van der Waals surface area contributed by atoms with Crippen LogP contribution in [0.15, 0.2) is 77.9 Å². The molecule has 0 aliphatic carbocycles. The maximum absolute atomic E-state index is 13.3. The highest BCUT2D eigenvalue weighted by Crippen LogP contribution is 2.29. The van der Waals surface area contributed by atoms with Crippen molar-refractivity contribution in [3.05, 3.63) is 95.1 Å². The van der Waals surface area contributed by atoms with Gasteiger partial charge in [-0.25, -0.2) is 9.97 Å². The molecule has 0 radical (unpaired) electrons. The monoisotopic (exact) mass is 462 g/mol. The van der Waals surface area contributed by atoms with E-state index < -0.39 is 0 Å². The predicted molar refractivity (Wildman–Crippen MR) is 142 cm³/mol. The minimum absolute atomic E-state index is 0.176. The van der Waals surface area contributed by atoms with Gasteiger partial charge in [0.1, 0.15) is 16.9 Å². The lowest BCUT2D eigenvalue weighted by Gasteiger charge is -2.06. The van der Waals surface area contributed by atoms with Crippen molar-refractivity contribution >= 4 is 45.8 Å². The molecule has 174 valence electrons. The van der Waals surface area contributed by atoms with Gasteiger partial charge in [0.25, 0.3) is 5.91 Å². The fraction of sp³-hybridized carbons (Fsp3) is 0.143. The van der Waals surface area contributed by atoms with Gasteiger partial charge in [-0.05, 0) is 48.2 Å². The summed E-state index contributed by atoms with van der Waals surface area (Å²) in [6, 6.07) is 23.2. The molecule has 0 fully saturated rings. The van der Waals surface area contributed by atoms with Crippen LogP contribution in [0.1, 0.15) is 46.8 Å². The lowest BCUT2D eigenvalue weighted by atomic mass is 10.0. The molecule has 1 amide bonds. The van der Waals surface area contributed by atoms with E-state index in [4.69, 9.17) is 15.7 Å². The molecule has 0 aliphatic rings. The number of nitrogens with two attached hydrogens (primary N) is 1. The van der Waals surface area contributed by atoms with E-state index in [1.54, 1.807) is 6.21 Å². The van der Waals surface area contributed by atoms with Crippen molar-refractivity contribution in [2.24, 2.45) is 5.10 Å². The number of aromatic nitrogens is 3. The van der Waals surface area contributed by atoms with Crippen molar-refractivity contribution in [2.75, 3.05) is 11.1 Å². The van der Waals surface area contributed by atoms with Crippen LogP contribution in [0.25, 0.3) is 22.2 Å².